The molecule has 3 nitrogen and oxygen atoms in total. The lowest BCUT2D eigenvalue weighted by Crippen LogP contribution is -2.16. The minimum Gasteiger partial charge on any atom is -0.314 e. The number of hydrogen-bond donors (Lipinski definition) is 0. The highest BCUT2D eigenvalue weighted by molar-refractivity contribution is 7.16. The predicted molar refractivity (Wildman–Crippen MR) is 91.2 cm³/mol. The minimum absolute atomic E-state index is 0.274. The lowest BCUT2D eigenvalue weighted by Gasteiger charge is -2.03. The van der Waals surface area contributed by atoms with Crippen LogP contribution in [-0.4, -0.2) is 10.5 Å². The van der Waals surface area contributed by atoms with Gasteiger partial charge in [-0.25, -0.2) is 8.78 Å². The molecular weight excluding hydrogens is 330 g/mol. The molecule has 0 radical (unpaired) electrons. The Bertz CT molecular complexity index is 1020. The molecule has 0 N–H and O–H groups in total. The molecule has 3 rings (SSSR count). The number of aromatic nitrogens is 1. The molecule has 0 unspecified atom stereocenters. The van der Waals surface area contributed by atoms with Crippen molar-refractivity contribution in [3.05, 3.63) is 63.5 Å². The topological polar surface area (TPSA) is 34.4 Å². The van der Waals surface area contributed by atoms with E-state index in [0.717, 1.165) is 28.5 Å². The predicted octanol–water partition coefficient (Wildman–Crippen LogP) is 4.36. The molecule has 24 heavy (non-hydrogen) atoms. The van der Waals surface area contributed by atoms with Crippen molar-refractivity contribution in [2.75, 3.05) is 0 Å². The molecule has 6 heteroatoms. The van der Waals surface area contributed by atoms with Gasteiger partial charge in [0.25, 0.3) is 5.91 Å². The van der Waals surface area contributed by atoms with Crippen molar-refractivity contribution < 1.29 is 13.6 Å². The number of benzene rings is 2. The summed E-state index contributed by atoms with van der Waals surface area (Å²) in [4.78, 5) is 17.0. The SMILES string of the molecule is CCn1c(=NC(=O)c2ccc(C)cc2C)sc2cc(F)cc(F)c21. The standard InChI is InChI=1S/C18H16F2N2OS/c1-4-22-16-14(20)8-12(19)9-15(16)24-18(22)21-17(23)13-6-5-10(2)7-11(13)3/h5-9H,4H2,1-3H3. The smallest absolute Gasteiger partial charge is 0.279 e. The number of carbonyl (C=O) groups excluding carboxylic acids is 1. The van der Waals surface area contributed by atoms with Crippen LogP contribution in [0.3, 0.4) is 0 Å². The molecule has 0 saturated carbocycles. The van der Waals surface area contributed by atoms with Crippen molar-refractivity contribution >= 4 is 27.5 Å². The van der Waals surface area contributed by atoms with E-state index in [4.69, 9.17) is 0 Å². The molecule has 0 bridgehead atoms. The van der Waals surface area contributed by atoms with Gasteiger partial charge in [0, 0.05) is 18.2 Å². The third-order valence-electron chi connectivity index (χ3n) is 3.82. The zero-order chi connectivity index (χ0) is 17.4. The first-order valence-electron chi connectivity index (χ1n) is 7.55. The number of halogens is 2. The van der Waals surface area contributed by atoms with Crippen LogP contribution in [0.25, 0.3) is 10.2 Å². The molecule has 0 atom stereocenters. The number of nitrogens with zero attached hydrogens (tertiary/aromatic N) is 2. The second-order valence-corrected chi connectivity index (χ2v) is 6.61. The summed E-state index contributed by atoms with van der Waals surface area (Å²) in [6.45, 7) is 6.06. The van der Waals surface area contributed by atoms with Gasteiger partial charge in [0.1, 0.15) is 5.82 Å². The van der Waals surface area contributed by atoms with Gasteiger partial charge in [-0.05, 0) is 38.5 Å². The van der Waals surface area contributed by atoms with Crippen molar-refractivity contribution in [3.8, 4) is 0 Å². The van der Waals surface area contributed by atoms with E-state index in [1.165, 1.54) is 6.07 Å². The summed E-state index contributed by atoms with van der Waals surface area (Å²) in [7, 11) is 0. The number of amides is 1. The van der Waals surface area contributed by atoms with Crippen molar-refractivity contribution in [3.63, 3.8) is 0 Å². The van der Waals surface area contributed by atoms with E-state index in [9.17, 15) is 13.6 Å². The van der Waals surface area contributed by atoms with Gasteiger partial charge in [0.05, 0.1) is 10.2 Å². The molecular formula is C18H16F2N2OS. The molecule has 0 saturated heterocycles. The second kappa shape index (κ2) is 6.28. The van der Waals surface area contributed by atoms with Crippen molar-refractivity contribution in [1.82, 2.24) is 4.57 Å². The molecule has 0 aliphatic heterocycles. The maximum absolute atomic E-state index is 14.1. The molecule has 1 amide bonds. The van der Waals surface area contributed by atoms with Crippen LogP contribution >= 0.6 is 11.3 Å². The van der Waals surface area contributed by atoms with Gasteiger partial charge in [-0.3, -0.25) is 4.79 Å². The molecule has 1 heterocycles. The van der Waals surface area contributed by atoms with Crippen molar-refractivity contribution in [2.24, 2.45) is 4.99 Å². The Balaban J connectivity index is 2.19. The van der Waals surface area contributed by atoms with E-state index in [1.807, 2.05) is 32.9 Å². The Hall–Kier alpha value is -2.34. The van der Waals surface area contributed by atoms with Gasteiger partial charge in [0.2, 0.25) is 0 Å². The highest BCUT2D eigenvalue weighted by atomic mass is 32.1. The number of aryl methyl sites for hydroxylation is 3. The van der Waals surface area contributed by atoms with Crippen LogP contribution in [-0.2, 0) is 6.54 Å². The van der Waals surface area contributed by atoms with Gasteiger partial charge in [0.15, 0.2) is 10.6 Å². The normalized spacial score (nSPS) is 12.1. The molecule has 3 aromatic rings. The van der Waals surface area contributed by atoms with Crippen LogP contribution in [0, 0.1) is 25.5 Å². The average Bonchev–Trinajstić information content (AvgIpc) is 2.84. The van der Waals surface area contributed by atoms with Crippen molar-refractivity contribution in [1.29, 1.82) is 0 Å². The summed E-state index contributed by atoms with van der Waals surface area (Å²) >= 11 is 1.10. The molecule has 2 aromatic carbocycles. The zero-order valence-corrected chi connectivity index (χ0v) is 14.4. The largest absolute Gasteiger partial charge is 0.314 e. The number of thiazole rings is 1. The zero-order valence-electron chi connectivity index (χ0n) is 13.6. The van der Waals surface area contributed by atoms with Crippen LogP contribution in [0.1, 0.15) is 28.4 Å². The fourth-order valence-electron chi connectivity index (χ4n) is 2.71. The van der Waals surface area contributed by atoms with E-state index in [0.29, 0.717) is 21.6 Å². The molecule has 0 fully saturated rings. The molecule has 0 aliphatic carbocycles. The van der Waals surface area contributed by atoms with Gasteiger partial charge in [-0.15, -0.1) is 0 Å². The van der Waals surface area contributed by atoms with E-state index < -0.39 is 11.6 Å². The van der Waals surface area contributed by atoms with Crippen LogP contribution < -0.4 is 4.80 Å². The van der Waals surface area contributed by atoms with E-state index in [1.54, 1.807) is 10.6 Å². The second-order valence-electron chi connectivity index (χ2n) is 5.60. The van der Waals surface area contributed by atoms with E-state index in [2.05, 4.69) is 4.99 Å². The number of rotatable bonds is 2. The lowest BCUT2D eigenvalue weighted by molar-refractivity contribution is 0.0997. The van der Waals surface area contributed by atoms with Crippen LogP contribution in [0.4, 0.5) is 8.78 Å². The van der Waals surface area contributed by atoms with Crippen LogP contribution in [0.2, 0.25) is 0 Å². The highest BCUT2D eigenvalue weighted by Gasteiger charge is 2.14. The van der Waals surface area contributed by atoms with E-state index >= 15 is 0 Å². The summed E-state index contributed by atoms with van der Waals surface area (Å²) in [5.41, 5.74) is 2.68. The lowest BCUT2D eigenvalue weighted by atomic mass is 10.1. The summed E-state index contributed by atoms with van der Waals surface area (Å²) in [6.07, 6.45) is 0. The molecule has 0 aliphatic rings. The Morgan fingerprint density at radius 2 is 1.96 bits per heavy atom. The fraction of sp³-hybridized carbons (Fsp3) is 0.222. The van der Waals surface area contributed by atoms with Gasteiger partial charge >= 0.3 is 0 Å². The summed E-state index contributed by atoms with van der Waals surface area (Å²) in [5.74, 6) is -1.68. The monoisotopic (exact) mass is 346 g/mol. The van der Waals surface area contributed by atoms with Gasteiger partial charge in [-0.1, -0.05) is 29.0 Å². The van der Waals surface area contributed by atoms with Crippen LogP contribution in [0.15, 0.2) is 35.3 Å². The molecule has 1 aromatic heterocycles. The van der Waals surface area contributed by atoms with Crippen LogP contribution in [0.5, 0.6) is 0 Å². The summed E-state index contributed by atoms with van der Waals surface area (Å²) in [6, 6.07) is 7.60. The first kappa shape index (κ1) is 16.5. The van der Waals surface area contributed by atoms with Crippen molar-refractivity contribution in [2.45, 2.75) is 27.3 Å². The summed E-state index contributed by atoms with van der Waals surface area (Å²) < 4.78 is 29.5. The minimum atomic E-state index is -0.650. The maximum Gasteiger partial charge on any atom is 0.279 e. The Labute approximate surface area is 141 Å². The fourth-order valence-corrected chi connectivity index (χ4v) is 3.84. The Morgan fingerprint density at radius 3 is 2.62 bits per heavy atom. The first-order chi connectivity index (χ1) is 11.4. The Morgan fingerprint density at radius 1 is 1.21 bits per heavy atom. The van der Waals surface area contributed by atoms with E-state index in [-0.39, 0.29) is 11.4 Å². The number of fused-ring (bicyclic) bond motifs is 1. The molecule has 124 valence electrons. The molecule has 0 spiro atoms. The van der Waals surface area contributed by atoms with Gasteiger partial charge in [-0.2, -0.15) is 4.99 Å². The quantitative estimate of drug-likeness (QED) is 0.679. The maximum atomic E-state index is 14.1. The van der Waals surface area contributed by atoms with Gasteiger partial charge < -0.3 is 4.57 Å². The first-order valence-corrected chi connectivity index (χ1v) is 8.37. The third-order valence-corrected chi connectivity index (χ3v) is 4.85. The average molecular weight is 346 g/mol. The number of hydrogen-bond acceptors (Lipinski definition) is 2. The Kier molecular flexibility index (Phi) is 4.32. The highest BCUT2D eigenvalue weighted by Crippen LogP contribution is 2.22. The third kappa shape index (κ3) is 2.89. The number of carbonyl (C=O) groups is 1. The summed E-state index contributed by atoms with van der Waals surface area (Å²) in [5, 5.41) is 0.